The van der Waals surface area contributed by atoms with E-state index in [1.54, 1.807) is 0 Å². The van der Waals surface area contributed by atoms with Crippen molar-refractivity contribution in [2.75, 3.05) is 0 Å². The first-order valence-electron chi connectivity index (χ1n) is 22.3. The lowest BCUT2D eigenvalue weighted by Crippen LogP contribution is -2.25. The van der Waals surface area contributed by atoms with Crippen molar-refractivity contribution in [2.45, 2.75) is 5.41 Å². The Balaban J connectivity index is 1.01. The molecule has 0 saturated carbocycles. The molecule has 3 heteroatoms. The number of rotatable bonds is 6. The van der Waals surface area contributed by atoms with E-state index in [4.69, 9.17) is 15.0 Å². The first kappa shape index (κ1) is 37.1. The van der Waals surface area contributed by atoms with Crippen LogP contribution >= 0.6 is 0 Å². The fourth-order valence-electron chi connectivity index (χ4n) is 10.7. The Morgan fingerprint density at radius 2 is 0.692 bits per heavy atom. The van der Waals surface area contributed by atoms with Crippen molar-refractivity contribution in [1.29, 1.82) is 0 Å². The van der Waals surface area contributed by atoms with Crippen LogP contribution in [-0.4, -0.2) is 15.0 Å². The largest absolute Gasteiger partial charge is 0.208 e. The summed E-state index contributed by atoms with van der Waals surface area (Å²) in [6.07, 6.45) is 0. The molecule has 1 heterocycles. The normalized spacial score (nSPS) is 12.7. The van der Waals surface area contributed by atoms with Crippen molar-refractivity contribution in [3.05, 3.63) is 259 Å². The summed E-state index contributed by atoms with van der Waals surface area (Å²) in [6.45, 7) is 0. The van der Waals surface area contributed by atoms with Gasteiger partial charge in [0.15, 0.2) is 17.5 Å². The molecule has 0 radical (unpaired) electrons. The third-order valence-electron chi connectivity index (χ3n) is 13.6. The zero-order valence-electron chi connectivity index (χ0n) is 35.4. The molecule has 13 rings (SSSR count). The molecule has 0 aliphatic heterocycles. The van der Waals surface area contributed by atoms with E-state index in [2.05, 4.69) is 231 Å². The second-order valence-corrected chi connectivity index (χ2v) is 17.1. The van der Waals surface area contributed by atoms with Crippen molar-refractivity contribution in [3.63, 3.8) is 0 Å². The number of benzene rings is 10. The average Bonchev–Trinajstić information content (AvgIpc) is 3.86. The maximum Gasteiger partial charge on any atom is 0.164 e. The fourth-order valence-corrected chi connectivity index (χ4v) is 10.7. The standard InChI is InChI=1S/C62H39N3/c1-3-17-40(18-4-1)43-23-15-24-45(37-43)59-63-60(65-61(64-59)53-29-16-22-41-21-7-8-25-47(41)53)46-34-35-48(54(38-46)42-19-5-2-6-20-42)44-33-36-52-51-28-11-14-32-57(51)62(58(52)39-44)55-30-12-9-26-49(55)50-27-10-13-31-56(50)62/h1-39H. The first-order chi connectivity index (χ1) is 32.2. The lowest BCUT2D eigenvalue weighted by molar-refractivity contribution is 0.794. The molecule has 302 valence electrons. The summed E-state index contributed by atoms with van der Waals surface area (Å²) < 4.78 is 0. The molecular formula is C62H39N3. The Bertz CT molecular complexity index is 3600. The van der Waals surface area contributed by atoms with Gasteiger partial charge in [0.1, 0.15) is 0 Å². The molecule has 0 atom stereocenters. The van der Waals surface area contributed by atoms with Gasteiger partial charge in [0.05, 0.1) is 5.41 Å². The zero-order valence-corrected chi connectivity index (χ0v) is 35.4. The van der Waals surface area contributed by atoms with Crippen LogP contribution < -0.4 is 0 Å². The predicted octanol–water partition coefficient (Wildman–Crippen LogP) is 15.4. The minimum absolute atomic E-state index is 0.431. The third kappa shape index (κ3) is 5.79. The van der Waals surface area contributed by atoms with Gasteiger partial charge in [-0.3, -0.25) is 0 Å². The van der Waals surface area contributed by atoms with Gasteiger partial charge in [-0.25, -0.2) is 15.0 Å². The van der Waals surface area contributed by atoms with Gasteiger partial charge in [-0.2, -0.15) is 0 Å². The Morgan fingerprint density at radius 1 is 0.231 bits per heavy atom. The summed E-state index contributed by atoms with van der Waals surface area (Å²) in [7, 11) is 0. The molecule has 0 bridgehead atoms. The Labute approximate surface area is 378 Å². The second-order valence-electron chi connectivity index (χ2n) is 17.1. The molecule has 10 aromatic carbocycles. The van der Waals surface area contributed by atoms with E-state index < -0.39 is 5.41 Å². The molecule has 0 saturated heterocycles. The van der Waals surface area contributed by atoms with E-state index >= 15 is 0 Å². The van der Waals surface area contributed by atoms with Crippen LogP contribution in [-0.2, 0) is 5.41 Å². The van der Waals surface area contributed by atoms with E-state index in [0.717, 1.165) is 60.8 Å². The number of fused-ring (bicyclic) bond motifs is 11. The van der Waals surface area contributed by atoms with Crippen molar-refractivity contribution < 1.29 is 0 Å². The molecule has 0 fully saturated rings. The molecule has 0 amide bonds. The van der Waals surface area contributed by atoms with Gasteiger partial charge < -0.3 is 0 Å². The van der Waals surface area contributed by atoms with E-state index in [1.165, 1.54) is 44.5 Å². The Morgan fingerprint density at radius 3 is 1.38 bits per heavy atom. The highest BCUT2D eigenvalue weighted by Gasteiger charge is 2.51. The summed E-state index contributed by atoms with van der Waals surface area (Å²) in [6, 6.07) is 85.3. The molecule has 2 aliphatic carbocycles. The third-order valence-corrected chi connectivity index (χ3v) is 13.6. The Kier molecular flexibility index (Phi) is 8.44. The molecule has 0 N–H and O–H groups in total. The fraction of sp³-hybridized carbons (Fsp3) is 0.0161. The number of aromatic nitrogens is 3. The van der Waals surface area contributed by atoms with Gasteiger partial charge in [-0.15, -0.1) is 0 Å². The monoisotopic (exact) mass is 825 g/mol. The maximum atomic E-state index is 5.31. The van der Waals surface area contributed by atoms with Gasteiger partial charge >= 0.3 is 0 Å². The highest BCUT2D eigenvalue weighted by Crippen LogP contribution is 2.63. The average molecular weight is 826 g/mol. The number of hydrogen-bond donors (Lipinski definition) is 0. The van der Waals surface area contributed by atoms with Crippen LogP contribution in [0.25, 0.3) is 101 Å². The zero-order chi connectivity index (χ0) is 42.9. The summed E-state index contributed by atoms with van der Waals surface area (Å²) in [5.41, 5.74) is 19.7. The first-order valence-corrected chi connectivity index (χ1v) is 22.3. The van der Waals surface area contributed by atoms with Gasteiger partial charge in [-0.1, -0.05) is 218 Å². The van der Waals surface area contributed by atoms with E-state index in [1.807, 2.05) is 6.07 Å². The lowest BCUT2D eigenvalue weighted by atomic mass is 9.70. The minimum Gasteiger partial charge on any atom is -0.208 e. The summed E-state index contributed by atoms with van der Waals surface area (Å²) in [5.74, 6) is 1.88. The molecule has 3 nitrogen and oxygen atoms in total. The van der Waals surface area contributed by atoms with E-state index in [-0.39, 0.29) is 0 Å². The SMILES string of the molecule is c1ccc(-c2cccc(-c3nc(-c4ccc(-c5ccc6c(c5)C5(c7ccccc7-c7ccccc75)c5ccccc5-6)c(-c5ccccc5)c4)nc(-c4cccc5ccccc45)n3)c2)cc1. The van der Waals surface area contributed by atoms with Crippen LogP contribution in [0.2, 0.25) is 0 Å². The van der Waals surface area contributed by atoms with Gasteiger partial charge in [0, 0.05) is 16.7 Å². The topological polar surface area (TPSA) is 38.7 Å². The summed E-state index contributed by atoms with van der Waals surface area (Å²) in [5, 5.41) is 2.24. The van der Waals surface area contributed by atoms with Crippen LogP contribution in [0.3, 0.4) is 0 Å². The second kappa shape index (κ2) is 14.8. The summed E-state index contributed by atoms with van der Waals surface area (Å²) >= 11 is 0. The number of hydrogen-bond acceptors (Lipinski definition) is 3. The highest BCUT2D eigenvalue weighted by molar-refractivity contribution is 5.98. The highest BCUT2D eigenvalue weighted by atomic mass is 15.0. The van der Waals surface area contributed by atoms with Gasteiger partial charge in [-0.05, 0) is 107 Å². The van der Waals surface area contributed by atoms with E-state index in [0.29, 0.717) is 17.5 Å². The van der Waals surface area contributed by atoms with Crippen molar-refractivity contribution >= 4 is 10.8 Å². The van der Waals surface area contributed by atoms with Crippen molar-refractivity contribution in [2.24, 2.45) is 0 Å². The van der Waals surface area contributed by atoms with Crippen LogP contribution in [0.1, 0.15) is 22.3 Å². The van der Waals surface area contributed by atoms with Crippen molar-refractivity contribution in [3.8, 4) is 89.8 Å². The minimum atomic E-state index is -0.431. The van der Waals surface area contributed by atoms with Crippen LogP contribution in [0.5, 0.6) is 0 Å². The van der Waals surface area contributed by atoms with E-state index in [9.17, 15) is 0 Å². The van der Waals surface area contributed by atoms with Crippen molar-refractivity contribution in [1.82, 2.24) is 15.0 Å². The molecule has 1 spiro atoms. The molecular weight excluding hydrogens is 787 g/mol. The smallest absolute Gasteiger partial charge is 0.164 e. The molecule has 0 unspecified atom stereocenters. The quantitative estimate of drug-likeness (QED) is 0.168. The van der Waals surface area contributed by atoms with Gasteiger partial charge in [0.25, 0.3) is 0 Å². The lowest BCUT2D eigenvalue weighted by Gasteiger charge is -2.30. The van der Waals surface area contributed by atoms with Crippen LogP contribution in [0, 0.1) is 0 Å². The van der Waals surface area contributed by atoms with Crippen LogP contribution in [0.15, 0.2) is 237 Å². The summed E-state index contributed by atoms with van der Waals surface area (Å²) in [4.78, 5) is 15.8. The molecule has 11 aromatic rings. The molecule has 2 aliphatic rings. The number of nitrogens with zero attached hydrogens (tertiary/aromatic N) is 3. The maximum absolute atomic E-state index is 5.31. The predicted molar refractivity (Wildman–Crippen MR) is 266 cm³/mol. The Hall–Kier alpha value is -8.53. The van der Waals surface area contributed by atoms with Crippen LogP contribution in [0.4, 0.5) is 0 Å². The van der Waals surface area contributed by atoms with Gasteiger partial charge in [0.2, 0.25) is 0 Å². The molecule has 65 heavy (non-hydrogen) atoms. The molecule has 1 aromatic heterocycles.